The molecule has 5 rings (SSSR count). The van der Waals surface area contributed by atoms with Crippen molar-refractivity contribution < 1.29 is 23.7 Å². The summed E-state index contributed by atoms with van der Waals surface area (Å²) in [4.78, 5) is 12.9. The molecule has 0 aliphatic carbocycles. The van der Waals surface area contributed by atoms with Crippen LogP contribution in [0.5, 0.6) is 17.2 Å². The molecule has 5 nitrogen and oxygen atoms in total. The smallest absolute Gasteiger partial charge is 0.231 e. The van der Waals surface area contributed by atoms with E-state index in [-0.39, 0.29) is 18.3 Å². The molecule has 2 aliphatic heterocycles. The average molecular weight is 500 g/mol. The third-order valence-electron chi connectivity index (χ3n) is 4.98. The van der Waals surface area contributed by atoms with Gasteiger partial charge in [-0.25, -0.2) is 0 Å². The van der Waals surface area contributed by atoms with Crippen molar-refractivity contribution in [1.82, 2.24) is 0 Å². The fourth-order valence-electron chi connectivity index (χ4n) is 3.49. The number of ketones is 1. The molecule has 156 valence electrons. The topological polar surface area (TPSA) is 54.0 Å². The van der Waals surface area contributed by atoms with E-state index in [1.807, 2.05) is 36.4 Å². The summed E-state index contributed by atoms with van der Waals surface area (Å²) in [5.74, 6) is 1.79. The van der Waals surface area contributed by atoms with E-state index in [0.717, 1.165) is 21.2 Å². The van der Waals surface area contributed by atoms with Crippen molar-refractivity contribution in [3.63, 3.8) is 0 Å². The van der Waals surface area contributed by atoms with Gasteiger partial charge >= 0.3 is 0 Å². The molecule has 0 atom stereocenters. The van der Waals surface area contributed by atoms with Crippen LogP contribution >= 0.6 is 27.5 Å². The molecule has 3 aromatic rings. The lowest BCUT2D eigenvalue weighted by Crippen LogP contribution is -2.12. The van der Waals surface area contributed by atoms with Gasteiger partial charge < -0.3 is 18.9 Å². The molecule has 2 heterocycles. The lowest BCUT2D eigenvalue weighted by Gasteiger charge is -2.20. The number of ether oxygens (including phenoxy) is 4. The second-order valence-corrected chi connectivity index (χ2v) is 8.39. The van der Waals surface area contributed by atoms with Crippen molar-refractivity contribution in [1.29, 1.82) is 0 Å². The molecule has 31 heavy (non-hydrogen) atoms. The molecule has 0 radical (unpaired) electrons. The normalized spacial score (nSPS) is 15.8. The first kappa shape index (κ1) is 20.1. The first-order chi connectivity index (χ1) is 15.1. The van der Waals surface area contributed by atoms with Crippen LogP contribution < -0.4 is 14.2 Å². The molecule has 0 saturated carbocycles. The largest absolute Gasteiger partial charge is 0.489 e. The van der Waals surface area contributed by atoms with Crippen molar-refractivity contribution >= 4 is 39.4 Å². The van der Waals surface area contributed by atoms with Crippen LogP contribution in [0, 0.1) is 0 Å². The van der Waals surface area contributed by atoms with Gasteiger partial charge in [0.1, 0.15) is 23.9 Å². The van der Waals surface area contributed by atoms with Crippen LogP contribution in [0.1, 0.15) is 27.0 Å². The Bertz CT molecular complexity index is 1220. The number of hydrogen-bond donors (Lipinski definition) is 0. The van der Waals surface area contributed by atoms with Crippen LogP contribution in [0.4, 0.5) is 0 Å². The lowest BCUT2D eigenvalue weighted by atomic mass is 10.1. The molecule has 0 bridgehead atoms. The van der Waals surface area contributed by atoms with Crippen molar-refractivity contribution in [2.45, 2.75) is 13.2 Å². The van der Waals surface area contributed by atoms with Gasteiger partial charge in [-0.15, -0.1) is 0 Å². The summed E-state index contributed by atoms with van der Waals surface area (Å²) in [5, 5.41) is 0.644. The number of Topliss-reactive ketones (excluding diaryl/α,β-unsaturated/α-hetero) is 1. The van der Waals surface area contributed by atoms with Crippen LogP contribution in [0.25, 0.3) is 6.08 Å². The molecule has 0 saturated heterocycles. The van der Waals surface area contributed by atoms with Gasteiger partial charge in [0.15, 0.2) is 12.6 Å². The number of benzene rings is 3. The quantitative estimate of drug-likeness (QED) is 0.402. The first-order valence-corrected chi connectivity index (χ1v) is 10.7. The highest BCUT2D eigenvalue weighted by atomic mass is 79.9. The highest BCUT2D eigenvalue weighted by Gasteiger charge is 2.28. The van der Waals surface area contributed by atoms with E-state index in [2.05, 4.69) is 15.9 Å². The maximum atomic E-state index is 12.9. The molecule has 0 aromatic heterocycles. The number of hydrogen-bond acceptors (Lipinski definition) is 5. The third-order valence-corrected chi connectivity index (χ3v) is 5.81. The number of fused-ring (bicyclic) bond motifs is 2. The molecule has 0 amide bonds. The Hall–Kier alpha value is -2.80. The molecular formula is C24H16BrClO5. The summed E-state index contributed by atoms with van der Waals surface area (Å²) in [6.07, 6.45) is 1.70. The van der Waals surface area contributed by atoms with E-state index in [1.54, 1.807) is 24.3 Å². The SMILES string of the molecule is O=C1/C(=C/c2cc(Br)cc3c2OCOC3)Oc2cc(OCc3ccccc3Cl)ccc21. The maximum Gasteiger partial charge on any atom is 0.231 e. The summed E-state index contributed by atoms with van der Waals surface area (Å²) in [6, 6.07) is 16.5. The zero-order valence-corrected chi connectivity index (χ0v) is 18.5. The van der Waals surface area contributed by atoms with Crippen molar-refractivity contribution in [3.05, 3.63) is 92.1 Å². The van der Waals surface area contributed by atoms with Crippen LogP contribution in [0.15, 0.2) is 64.8 Å². The van der Waals surface area contributed by atoms with Gasteiger partial charge in [0.05, 0.1) is 12.2 Å². The third kappa shape index (κ3) is 4.06. The van der Waals surface area contributed by atoms with E-state index >= 15 is 0 Å². The minimum absolute atomic E-state index is 0.173. The zero-order chi connectivity index (χ0) is 21.4. The van der Waals surface area contributed by atoms with Crippen molar-refractivity contribution in [3.8, 4) is 17.2 Å². The number of rotatable bonds is 4. The van der Waals surface area contributed by atoms with E-state index in [4.69, 9.17) is 30.5 Å². The van der Waals surface area contributed by atoms with Crippen LogP contribution in [-0.2, 0) is 18.0 Å². The van der Waals surface area contributed by atoms with Gasteiger partial charge in [-0.3, -0.25) is 4.79 Å². The summed E-state index contributed by atoms with van der Waals surface area (Å²) in [6.45, 7) is 0.941. The molecule has 0 spiro atoms. The van der Waals surface area contributed by atoms with Gasteiger partial charge in [-0.2, -0.15) is 0 Å². The van der Waals surface area contributed by atoms with Crippen LogP contribution in [0.2, 0.25) is 5.02 Å². The lowest BCUT2D eigenvalue weighted by molar-refractivity contribution is -0.0165. The van der Waals surface area contributed by atoms with Crippen LogP contribution in [0.3, 0.4) is 0 Å². The maximum absolute atomic E-state index is 12.9. The Labute approximate surface area is 192 Å². The molecule has 0 fully saturated rings. The summed E-state index contributed by atoms with van der Waals surface area (Å²) in [5.41, 5.74) is 3.03. The van der Waals surface area contributed by atoms with Gasteiger partial charge in [-0.1, -0.05) is 45.7 Å². The molecular weight excluding hydrogens is 484 g/mol. The Balaban J connectivity index is 1.39. The highest BCUT2D eigenvalue weighted by molar-refractivity contribution is 9.10. The Morgan fingerprint density at radius 3 is 2.87 bits per heavy atom. The molecule has 0 N–H and O–H groups in total. The predicted octanol–water partition coefficient (Wildman–Crippen LogP) is 6.16. The summed E-state index contributed by atoms with van der Waals surface area (Å²) < 4.78 is 23.6. The van der Waals surface area contributed by atoms with E-state index in [9.17, 15) is 4.79 Å². The second kappa shape index (κ2) is 8.38. The number of carbonyl (C=O) groups is 1. The average Bonchev–Trinajstić information content (AvgIpc) is 3.07. The van der Waals surface area contributed by atoms with Crippen molar-refractivity contribution in [2.75, 3.05) is 6.79 Å². The van der Waals surface area contributed by atoms with Gasteiger partial charge in [-0.05, 0) is 36.4 Å². The molecule has 3 aromatic carbocycles. The minimum Gasteiger partial charge on any atom is -0.489 e. The highest BCUT2D eigenvalue weighted by Crippen LogP contribution is 2.38. The Kier molecular flexibility index (Phi) is 5.44. The number of carbonyl (C=O) groups excluding carboxylic acids is 1. The Morgan fingerprint density at radius 1 is 1.13 bits per heavy atom. The first-order valence-electron chi connectivity index (χ1n) is 9.56. The number of halogens is 2. The fourth-order valence-corrected chi connectivity index (χ4v) is 4.20. The van der Waals surface area contributed by atoms with Crippen LogP contribution in [-0.4, -0.2) is 12.6 Å². The monoisotopic (exact) mass is 498 g/mol. The number of allylic oxidation sites excluding steroid dienone is 1. The molecule has 2 aliphatic rings. The fraction of sp³-hybridized carbons (Fsp3) is 0.125. The summed E-state index contributed by atoms with van der Waals surface area (Å²) >= 11 is 9.68. The zero-order valence-electron chi connectivity index (χ0n) is 16.2. The van der Waals surface area contributed by atoms with Gasteiger partial charge in [0, 0.05) is 32.3 Å². The van der Waals surface area contributed by atoms with E-state index in [0.29, 0.717) is 41.0 Å². The van der Waals surface area contributed by atoms with E-state index < -0.39 is 0 Å². The molecule has 0 unspecified atom stereocenters. The summed E-state index contributed by atoms with van der Waals surface area (Å²) in [7, 11) is 0. The molecule has 7 heteroatoms. The minimum atomic E-state index is -0.187. The van der Waals surface area contributed by atoms with Gasteiger partial charge in [0.2, 0.25) is 5.78 Å². The van der Waals surface area contributed by atoms with Gasteiger partial charge in [0.25, 0.3) is 0 Å². The van der Waals surface area contributed by atoms with Crippen molar-refractivity contribution in [2.24, 2.45) is 0 Å². The van der Waals surface area contributed by atoms with E-state index in [1.165, 1.54) is 0 Å². The predicted molar refractivity (Wildman–Crippen MR) is 120 cm³/mol. The standard InChI is InChI=1S/C24H16BrClO5/c25-17-7-15(24-16(8-17)11-28-13-30-24)9-22-23(27)19-6-5-18(10-21(19)31-22)29-12-14-3-1-2-4-20(14)26/h1-10H,11-13H2/b22-9-. The second-order valence-electron chi connectivity index (χ2n) is 7.07. The Morgan fingerprint density at radius 2 is 2.00 bits per heavy atom.